The van der Waals surface area contributed by atoms with Gasteiger partial charge in [-0.2, -0.15) is 31.4 Å². The minimum absolute atomic E-state index is 0.0519. The number of hydrogen-bond acceptors (Lipinski definition) is 5. The van der Waals surface area contributed by atoms with Crippen LogP contribution in [-0.4, -0.2) is 22.9 Å². The molecule has 2 aliphatic rings. The first kappa shape index (κ1) is 30.9. The molecule has 1 N–H and O–H groups in total. The van der Waals surface area contributed by atoms with Gasteiger partial charge in [0.2, 0.25) is 0 Å². The molecule has 0 bridgehead atoms. The maximum absolute atomic E-state index is 14.1. The van der Waals surface area contributed by atoms with Gasteiger partial charge in [0.25, 0.3) is 0 Å². The summed E-state index contributed by atoms with van der Waals surface area (Å²) >= 11 is 0. The van der Waals surface area contributed by atoms with Gasteiger partial charge in [0.05, 0.1) is 11.1 Å². The molecule has 4 aromatic rings. The number of unbranched alkanes of at least 4 members (excludes halogenated alkanes) is 1. The molecule has 0 amide bonds. The Morgan fingerprint density at radius 2 is 1.20 bits per heavy atom. The van der Waals surface area contributed by atoms with Crippen LogP contribution in [0.25, 0.3) is 22.3 Å². The lowest BCUT2D eigenvalue weighted by molar-refractivity contribution is -0.396. The first-order valence-electron chi connectivity index (χ1n) is 14.8. The van der Waals surface area contributed by atoms with Crippen LogP contribution in [0, 0.1) is 0 Å². The summed E-state index contributed by atoms with van der Waals surface area (Å²) in [5, 5.41) is 6.42. The second kappa shape index (κ2) is 12.4. The molecule has 2 heterocycles. The van der Waals surface area contributed by atoms with E-state index < -0.39 is 23.5 Å². The topological polar surface area (TPSA) is 37.0 Å². The van der Waals surface area contributed by atoms with E-state index in [9.17, 15) is 26.3 Å². The Kier molecular flexibility index (Phi) is 8.51. The summed E-state index contributed by atoms with van der Waals surface area (Å²) in [6.45, 7) is 3.14. The zero-order valence-electron chi connectivity index (χ0n) is 24.4. The molecular formula is C34H31F6N3O2. The summed E-state index contributed by atoms with van der Waals surface area (Å²) in [6.07, 6.45) is -6.65. The van der Waals surface area contributed by atoms with Gasteiger partial charge in [0.1, 0.15) is 5.34 Å². The third-order valence-electron chi connectivity index (χ3n) is 8.13. The molecule has 0 spiro atoms. The van der Waals surface area contributed by atoms with E-state index in [4.69, 9.17) is 9.68 Å². The minimum atomic E-state index is -4.62. The second-order valence-corrected chi connectivity index (χ2v) is 11.1. The zero-order valence-corrected chi connectivity index (χ0v) is 24.4. The van der Waals surface area contributed by atoms with Crippen molar-refractivity contribution in [2.45, 2.75) is 57.7 Å². The Morgan fingerprint density at radius 1 is 0.689 bits per heavy atom. The molecule has 6 rings (SSSR count). The molecule has 0 saturated carbocycles. The summed E-state index contributed by atoms with van der Waals surface area (Å²) < 4.78 is 84.6. The maximum Gasteiger partial charge on any atom is 0.417 e. The zero-order chi connectivity index (χ0) is 31.8. The van der Waals surface area contributed by atoms with Gasteiger partial charge in [-0.3, -0.25) is 0 Å². The van der Waals surface area contributed by atoms with Crippen LogP contribution in [0.3, 0.4) is 0 Å². The fourth-order valence-electron chi connectivity index (χ4n) is 5.95. The highest BCUT2D eigenvalue weighted by atomic mass is 19.4. The highest BCUT2D eigenvalue weighted by molar-refractivity contribution is 5.76. The Balaban J connectivity index is 1.49. The van der Waals surface area contributed by atoms with Gasteiger partial charge in [0.15, 0.2) is 11.5 Å². The molecule has 0 radical (unpaired) electrons. The van der Waals surface area contributed by atoms with Gasteiger partial charge < -0.3 is 15.0 Å². The van der Waals surface area contributed by atoms with Crippen LogP contribution < -0.4 is 15.0 Å². The van der Waals surface area contributed by atoms with Crippen LogP contribution >= 0.6 is 0 Å². The highest BCUT2D eigenvalue weighted by Crippen LogP contribution is 2.46. The number of fused-ring (bicyclic) bond motifs is 3. The lowest BCUT2D eigenvalue weighted by Crippen LogP contribution is -2.56. The summed E-state index contributed by atoms with van der Waals surface area (Å²) in [6, 6.07) is 20.4. The number of nitrogens with zero attached hydrogens (tertiary/aromatic N) is 2. The predicted molar refractivity (Wildman–Crippen MR) is 157 cm³/mol. The lowest BCUT2D eigenvalue weighted by atomic mass is 9.96. The van der Waals surface area contributed by atoms with E-state index in [1.165, 1.54) is 36.4 Å². The van der Waals surface area contributed by atoms with Crippen molar-refractivity contribution in [1.82, 2.24) is 15.7 Å². The van der Waals surface area contributed by atoms with Crippen LogP contribution in [-0.2, 0) is 25.4 Å². The summed E-state index contributed by atoms with van der Waals surface area (Å²) in [4.78, 5) is 12.8. The maximum atomic E-state index is 14.1. The smallest absolute Gasteiger partial charge is 0.356 e. The average molecular weight is 628 g/mol. The van der Waals surface area contributed by atoms with Crippen molar-refractivity contribution >= 4 is 0 Å². The van der Waals surface area contributed by atoms with Gasteiger partial charge >= 0.3 is 12.4 Å². The van der Waals surface area contributed by atoms with Crippen molar-refractivity contribution in [1.29, 1.82) is 0 Å². The number of hydrazine groups is 1. The van der Waals surface area contributed by atoms with Crippen molar-refractivity contribution in [2.75, 3.05) is 6.54 Å². The van der Waals surface area contributed by atoms with Crippen LogP contribution in [0.2, 0.25) is 0 Å². The monoisotopic (exact) mass is 627 g/mol. The van der Waals surface area contributed by atoms with Gasteiger partial charge in [-0.15, -0.1) is 0 Å². The van der Waals surface area contributed by atoms with Crippen molar-refractivity contribution in [3.05, 3.63) is 107 Å². The molecule has 1 unspecified atom stereocenters. The van der Waals surface area contributed by atoms with E-state index in [-0.39, 0.29) is 46.3 Å². The number of para-hydroxylation sites is 2. The highest BCUT2D eigenvalue weighted by Gasteiger charge is 2.40. The first-order chi connectivity index (χ1) is 21.6. The molecule has 11 heteroatoms. The number of alkyl halides is 6. The van der Waals surface area contributed by atoms with Crippen LogP contribution in [0.1, 0.15) is 48.4 Å². The fourth-order valence-corrected chi connectivity index (χ4v) is 5.95. The quantitative estimate of drug-likeness (QED) is 0.224. The first-order valence-corrected chi connectivity index (χ1v) is 14.8. The van der Waals surface area contributed by atoms with Crippen molar-refractivity contribution < 1.29 is 36.0 Å². The number of hydrogen-bond donors (Lipinski definition) is 1. The second-order valence-electron chi connectivity index (χ2n) is 11.1. The fraction of sp³-hybridized carbons (Fsp3) is 0.294. The Hall–Kier alpha value is -4.06. The van der Waals surface area contributed by atoms with Crippen molar-refractivity contribution in [3.8, 4) is 33.8 Å². The molecule has 1 atom stereocenters. The molecule has 0 fully saturated rings. The van der Waals surface area contributed by atoms with Crippen LogP contribution in [0.15, 0.2) is 84.9 Å². The average Bonchev–Trinajstić information content (AvgIpc) is 3.09. The van der Waals surface area contributed by atoms with E-state index in [1.807, 2.05) is 5.01 Å². The van der Waals surface area contributed by atoms with Gasteiger partial charge in [-0.05, 0) is 29.7 Å². The molecule has 0 aromatic heterocycles. The van der Waals surface area contributed by atoms with Crippen LogP contribution in [0.4, 0.5) is 26.3 Å². The van der Waals surface area contributed by atoms with E-state index >= 15 is 0 Å². The molecule has 2 aliphatic heterocycles. The summed E-state index contributed by atoms with van der Waals surface area (Å²) in [5.74, 6) is 0.334. The van der Waals surface area contributed by atoms with E-state index in [0.29, 0.717) is 24.2 Å². The van der Waals surface area contributed by atoms with Gasteiger partial charge in [-0.25, -0.2) is 0 Å². The molecule has 45 heavy (non-hydrogen) atoms. The molecule has 5 nitrogen and oxygen atoms in total. The normalized spacial score (nSPS) is 17.5. The van der Waals surface area contributed by atoms with Crippen molar-refractivity contribution in [2.24, 2.45) is 0 Å². The van der Waals surface area contributed by atoms with E-state index in [2.05, 4.69) is 12.2 Å². The van der Waals surface area contributed by atoms with E-state index in [0.717, 1.165) is 36.7 Å². The number of nitrogens with one attached hydrogen (secondary N) is 1. The number of rotatable bonds is 5. The van der Waals surface area contributed by atoms with Gasteiger partial charge in [-0.1, -0.05) is 92.6 Å². The lowest BCUT2D eigenvalue weighted by Gasteiger charge is -2.41. The summed E-state index contributed by atoms with van der Waals surface area (Å²) in [7, 11) is 0. The largest absolute Gasteiger partial charge is 0.417 e. The minimum Gasteiger partial charge on any atom is -0.356 e. The predicted octanol–water partition coefficient (Wildman–Crippen LogP) is 9.04. The third-order valence-corrected chi connectivity index (χ3v) is 8.13. The molecule has 0 saturated heterocycles. The summed E-state index contributed by atoms with van der Waals surface area (Å²) in [5.41, 5.74) is -0.0512. The Morgan fingerprint density at radius 3 is 1.76 bits per heavy atom. The number of halogens is 6. The number of benzene rings is 4. The molecule has 0 aliphatic carbocycles. The standard InChI is InChI=1S/C34H31F6N3O2/c1-2-3-12-24-20-41-19-22-10-8-15-27(25-13-4-6-17-29(25)33(35,36)37)31(22)44-43-42(24)21-23-11-9-16-28(32(23)45-43)26-14-5-7-18-30(26)34(38,39)40/h4-11,13-18,24,41H,2-3,12,19-21H2,1H3. The van der Waals surface area contributed by atoms with E-state index in [1.54, 1.807) is 36.4 Å². The SMILES string of the molecule is CCCCC1CNCc2cccc(-c3ccccc3C(F)(F)F)c2ON2Oc3c(cccc3-c3ccccc3C(F)(F)F)CN12. The van der Waals surface area contributed by atoms with Crippen molar-refractivity contribution in [3.63, 3.8) is 0 Å². The Bertz CT molecular complexity index is 1670. The molecular weight excluding hydrogens is 596 g/mol. The molecule has 236 valence electrons. The third kappa shape index (κ3) is 6.25. The Labute approximate surface area is 256 Å². The van der Waals surface area contributed by atoms with Crippen LogP contribution in [0.5, 0.6) is 11.5 Å². The molecule has 4 aromatic carbocycles. The van der Waals surface area contributed by atoms with Gasteiger partial charge in [0, 0.05) is 47.9 Å².